The Morgan fingerprint density at radius 1 is 0.879 bits per heavy atom. The van der Waals surface area contributed by atoms with Crippen molar-refractivity contribution >= 4 is 28.8 Å². The number of para-hydroxylation sites is 2. The van der Waals surface area contributed by atoms with Crippen molar-refractivity contribution in [1.29, 1.82) is 0 Å². The molecule has 1 aliphatic rings. The van der Waals surface area contributed by atoms with Gasteiger partial charge in [0.05, 0.1) is 23.9 Å². The van der Waals surface area contributed by atoms with Crippen LogP contribution in [0.3, 0.4) is 0 Å². The van der Waals surface area contributed by atoms with E-state index >= 15 is 0 Å². The maximum atomic E-state index is 13.5. The van der Waals surface area contributed by atoms with Gasteiger partial charge in [0.2, 0.25) is 0 Å². The number of nitrogens with one attached hydrogen (secondary N) is 1. The van der Waals surface area contributed by atoms with Crippen molar-refractivity contribution < 1.29 is 27.5 Å². The summed E-state index contributed by atoms with van der Waals surface area (Å²) in [6, 6.07) is 18.0. The molecule has 168 valence electrons. The first-order valence-corrected chi connectivity index (χ1v) is 9.98. The van der Waals surface area contributed by atoms with Crippen LogP contribution in [0, 0.1) is 6.92 Å². The largest absolute Gasteiger partial charge is 0.496 e. The Balaban J connectivity index is 1.87. The normalized spacial score (nSPS) is 14.2. The zero-order chi connectivity index (χ0) is 23.8. The highest BCUT2D eigenvalue weighted by atomic mass is 19.4. The molecule has 33 heavy (non-hydrogen) atoms. The number of ether oxygens (including phenoxy) is 1. The van der Waals surface area contributed by atoms with E-state index in [0.717, 1.165) is 17.0 Å². The minimum absolute atomic E-state index is 0.0121. The van der Waals surface area contributed by atoms with Gasteiger partial charge in [-0.3, -0.25) is 9.59 Å². The number of rotatable bonds is 5. The molecule has 3 aromatic rings. The zero-order valence-electron chi connectivity index (χ0n) is 17.7. The first-order valence-electron chi connectivity index (χ1n) is 9.98. The average molecular weight is 452 g/mol. The van der Waals surface area contributed by atoms with Crippen molar-refractivity contribution in [1.82, 2.24) is 0 Å². The number of alkyl halides is 3. The van der Waals surface area contributed by atoms with Gasteiger partial charge < -0.3 is 10.1 Å². The zero-order valence-corrected chi connectivity index (χ0v) is 17.7. The van der Waals surface area contributed by atoms with Crippen LogP contribution in [0.4, 0.5) is 24.5 Å². The highest BCUT2D eigenvalue weighted by Crippen LogP contribution is 2.38. The van der Waals surface area contributed by atoms with Gasteiger partial charge in [-0.2, -0.15) is 13.2 Å². The molecule has 2 amide bonds. The van der Waals surface area contributed by atoms with Crippen LogP contribution in [0.1, 0.15) is 16.7 Å². The highest BCUT2D eigenvalue weighted by Gasteiger charge is 2.42. The Labute approximate surface area is 188 Å². The van der Waals surface area contributed by atoms with E-state index in [4.69, 9.17) is 4.74 Å². The second-order valence-corrected chi connectivity index (χ2v) is 7.39. The second kappa shape index (κ2) is 8.46. The van der Waals surface area contributed by atoms with Crippen LogP contribution >= 0.6 is 0 Å². The van der Waals surface area contributed by atoms with Gasteiger partial charge >= 0.3 is 6.18 Å². The number of carbonyl (C=O) groups excluding carboxylic acids is 2. The number of nitrogens with zero attached hydrogens (tertiary/aromatic N) is 1. The van der Waals surface area contributed by atoms with Crippen LogP contribution in [-0.4, -0.2) is 18.9 Å². The van der Waals surface area contributed by atoms with Crippen molar-refractivity contribution in [2.45, 2.75) is 13.1 Å². The number of imide groups is 1. The minimum atomic E-state index is -4.56. The summed E-state index contributed by atoms with van der Waals surface area (Å²) in [6.07, 6.45) is -4.56. The maximum Gasteiger partial charge on any atom is 0.416 e. The molecule has 1 N–H and O–H groups in total. The molecule has 1 aliphatic heterocycles. The summed E-state index contributed by atoms with van der Waals surface area (Å²) in [5, 5.41) is 2.76. The van der Waals surface area contributed by atoms with Crippen LogP contribution in [-0.2, 0) is 15.8 Å². The van der Waals surface area contributed by atoms with Gasteiger partial charge in [-0.05, 0) is 42.8 Å². The van der Waals surface area contributed by atoms with Gasteiger partial charge in [-0.1, -0.05) is 42.5 Å². The molecule has 0 spiro atoms. The third-order valence-corrected chi connectivity index (χ3v) is 5.28. The number of amides is 2. The Bertz CT molecular complexity index is 1280. The fourth-order valence-electron chi connectivity index (χ4n) is 3.70. The Morgan fingerprint density at radius 3 is 2.27 bits per heavy atom. The SMILES string of the molecule is COc1ccccc1C1=C(Nc2cccc(C(F)(F)F)c2)C(=O)N(c2ccccc2C)C1=O. The van der Waals surface area contributed by atoms with Crippen LogP contribution < -0.4 is 15.0 Å². The van der Waals surface area contributed by atoms with Crippen LogP contribution in [0.5, 0.6) is 5.75 Å². The van der Waals surface area contributed by atoms with E-state index in [1.54, 1.807) is 55.5 Å². The maximum absolute atomic E-state index is 13.5. The molecular formula is C25H19F3N2O3. The van der Waals surface area contributed by atoms with Crippen LogP contribution in [0.25, 0.3) is 5.57 Å². The first kappa shape index (κ1) is 22.1. The van der Waals surface area contributed by atoms with Crippen LogP contribution in [0.15, 0.2) is 78.5 Å². The average Bonchev–Trinajstić information content (AvgIpc) is 3.03. The first-order chi connectivity index (χ1) is 15.7. The van der Waals surface area contributed by atoms with Crippen molar-refractivity contribution in [3.63, 3.8) is 0 Å². The molecule has 5 nitrogen and oxygen atoms in total. The smallest absolute Gasteiger partial charge is 0.416 e. The number of hydrogen-bond acceptors (Lipinski definition) is 4. The summed E-state index contributed by atoms with van der Waals surface area (Å²) < 4.78 is 45.0. The van der Waals surface area contributed by atoms with E-state index in [2.05, 4.69) is 5.32 Å². The molecule has 1 heterocycles. The van der Waals surface area contributed by atoms with E-state index in [1.807, 2.05) is 0 Å². The predicted octanol–water partition coefficient (Wildman–Crippen LogP) is 5.42. The lowest BCUT2D eigenvalue weighted by molar-refractivity contribution is -0.137. The van der Waals surface area contributed by atoms with E-state index in [1.165, 1.54) is 19.2 Å². The lowest BCUT2D eigenvalue weighted by Crippen LogP contribution is -2.33. The summed E-state index contributed by atoms with van der Waals surface area (Å²) in [4.78, 5) is 28.0. The number of halogens is 3. The van der Waals surface area contributed by atoms with E-state index < -0.39 is 23.6 Å². The summed E-state index contributed by atoms with van der Waals surface area (Å²) in [5.41, 5.74) is 0.466. The standard InChI is InChI=1S/C25H19F3N2O3/c1-15-8-3-5-12-19(15)30-23(31)21(18-11-4-6-13-20(18)33-2)22(24(30)32)29-17-10-7-9-16(14-17)25(26,27)28/h3-14,29H,1-2H3. The molecule has 3 aromatic carbocycles. The lowest BCUT2D eigenvalue weighted by Gasteiger charge is -2.18. The number of carbonyl (C=O) groups is 2. The van der Waals surface area contributed by atoms with E-state index in [0.29, 0.717) is 22.6 Å². The van der Waals surface area contributed by atoms with Crippen molar-refractivity contribution in [3.8, 4) is 5.75 Å². The fourth-order valence-corrected chi connectivity index (χ4v) is 3.70. The monoisotopic (exact) mass is 452 g/mol. The van der Waals surface area contributed by atoms with E-state index in [-0.39, 0.29) is 17.0 Å². The Kier molecular flexibility index (Phi) is 5.68. The van der Waals surface area contributed by atoms with Crippen LogP contribution in [0.2, 0.25) is 0 Å². The third-order valence-electron chi connectivity index (χ3n) is 5.28. The summed E-state index contributed by atoms with van der Waals surface area (Å²) in [6.45, 7) is 1.76. The molecule has 0 radical (unpaired) electrons. The number of hydrogen-bond donors (Lipinski definition) is 1. The van der Waals surface area contributed by atoms with E-state index in [9.17, 15) is 22.8 Å². The third kappa shape index (κ3) is 4.07. The van der Waals surface area contributed by atoms with Gasteiger partial charge in [-0.15, -0.1) is 0 Å². The molecule has 4 rings (SSSR count). The van der Waals surface area contributed by atoms with Gasteiger partial charge in [0, 0.05) is 11.3 Å². The fraction of sp³-hybridized carbons (Fsp3) is 0.120. The molecule has 0 unspecified atom stereocenters. The second-order valence-electron chi connectivity index (χ2n) is 7.39. The molecule has 0 saturated heterocycles. The number of aryl methyl sites for hydroxylation is 1. The van der Waals surface area contributed by atoms with Gasteiger partial charge in [0.25, 0.3) is 11.8 Å². The molecule has 0 fully saturated rings. The Morgan fingerprint density at radius 2 is 1.58 bits per heavy atom. The van der Waals surface area contributed by atoms with Crippen molar-refractivity contribution in [2.24, 2.45) is 0 Å². The van der Waals surface area contributed by atoms with Crippen molar-refractivity contribution in [3.05, 3.63) is 95.2 Å². The molecule has 0 aliphatic carbocycles. The number of benzene rings is 3. The predicted molar refractivity (Wildman–Crippen MR) is 119 cm³/mol. The molecule has 8 heteroatoms. The minimum Gasteiger partial charge on any atom is -0.496 e. The molecule has 0 atom stereocenters. The Hall–Kier alpha value is -4.07. The van der Waals surface area contributed by atoms with Gasteiger partial charge in [0.1, 0.15) is 11.4 Å². The molecule has 0 saturated carbocycles. The van der Waals surface area contributed by atoms with Gasteiger partial charge in [-0.25, -0.2) is 4.90 Å². The quantitative estimate of drug-likeness (QED) is 0.526. The molecule has 0 aromatic heterocycles. The topological polar surface area (TPSA) is 58.6 Å². The summed E-state index contributed by atoms with van der Waals surface area (Å²) >= 11 is 0. The van der Waals surface area contributed by atoms with Crippen molar-refractivity contribution in [2.75, 3.05) is 17.3 Å². The number of methoxy groups -OCH3 is 1. The number of anilines is 2. The highest BCUT2D eigenvalue weighted by molar-refractivity contribution is 6.46. The summed E-state index contributed by atoms with van der Waals surface area (Å²) in [7, 11) is 1.43. The van der Waals surface area contributed by atoms with Gasteiger partial charge in [0.15, 0.2) is 0 Å². The summed E-state index contributed by atoms with van der Waals surface area (Å²) in [5.74, 6) is -0.926. The molecule has 0 bridgehead atoms. The molecular weight excluding hydrogens is 433 g/mol. The lowest BCUT2D eigenvalue weighted by atomic mass is 10.0.